The standard InChI is InChI=1S/C67H95NO19/c1-11-12-13-14-15-16-17-18-19-20-21-22-23-24-31-36-51-78-39-47(82-51)40-79-62(76)84-55(53(45-32-27-25-28-33-45)68-61(75)87-63(5,6)7)60(74)83-48-38-67(77)58(85-59(73)46-34-29-26-30-35-46)56-65(10,49(71)37-50-66(56,41-80-50)86-44(4)70)57(72)54(81-43(3)69)52(42(48)2)64(67,8)9/h25-30,32-35,47-51,53-56,58,71,77H,11-24,31,36-41H2,1-10H3,(H,68,75)/t47?,48-,49-,50+,51?,53-,54+,55+,56?,58-,65+,66-,67+/m0/s1. The summed E-state index contributed by atoms with van der Waals surface area (Å²) in [5, 5.41) is 29.0. The largest absolute Gasteiger partial charge is 0.509 e. The van der Waals surface area contributed by atoms with E-state index in [-0.39, 0.29) is 48.5 Å². The molecule has 2 bridgehead atoms. The molecule has 1 amide bonds. The fraction of sp³-hybridized carbons (Fsp3) is 0.687. The van der Waals surface area contributed by atoms with Crippen LogP contribution in [0, 0.1) is 16.7 Å². The summed E-state index contributed by atoms with van der Waals surface area (Å²) < 4.78 is 60.2. The van der Waals surface area contributed by atoms with E-state index in [1.807, 2.05) is 0 Å². The minimum absolute atomic E-state index is 0.0374. The van der Waals surface area contributed by atoms with E-state index >= 15 is 9.59 Å². The smallest absolute Gasteiger partial charge is 0.455 e. The summed E-state index contributed by atoms with van der Waals surface area (Å²) in [6.07, 6.45) is 4.68. The molecule has 2 saturated heterocycles. The van der Waals surface area contributed by atoms with Gasteiger partial charge in [0.2, 0.25) is 6.10 Å². The minimum Gasteiger partial charge on any atom is -0.455 e. The molecule has 7 rings (SSSR count). The van der Waals surface area contributed by atoms with Crippen molar-refractivity contribution in [3.63, 3.8) is 0 Å². The number of hydrogen-bond acceptors (Lipinski definition) is 19. The van der Waals surface area contributed by atoms with Crippen LogP contribution in [0.25, 0.3) is 0 Å². The second-order valence-corrected chi connectivity index (χ2v) is 26.1. The maximum Gasteiger partial charge on any atom is 0.509 e. The first-order valence-corrected chi connectivity index (χ1v) is 31.5. The van der Waals surface area contributed by atoms with E-state index in [0.29, 0.717) is 6.42 Å². The van der Waals surface area contributed by atoms with Crippen molar-refractivity contribution in [3.8, 4) is 0 Å². The fourth-order valence-corrected chi connectivity index (χ4v) is 13.6. The topological polar surface area (TPSA) is 264 Å². The number of carbonyl (C=O) groups excluding carboxylic acids is 7. The maximum atomic E-state index is 15.9. The molecule has 0 radical (unpaired) electrons. The van der Waals surface area contributed by atoms with E-state index in [1.54, 1.807) is 83.1 Å². The van der Waals surface area contributed by atoms with Crippen LogP contribution in [0.3, 0.4) is 0 Å². The molecule has 5 aliphatic rings. The molecular weight excluding hydrogens is 1120 g/mol. The van der Waals surface area contributed by atoms with E-state index in [9.17, 15) is 34.2 Å². The molecule has 3 N–H and O–H groups in total. The van der Waals surface area contributed by atoms with Crippen LogP contribution in [-0.2, 0) is 66.5 Å². The van der Waals surface area contributed by atoms with Gasteiger partial charge in [0.25, 0.3) is 0 Å². The van der Waals surface area contributed by atoms with Gasteiger partial charge in [-0.05, 0) is 76.3 Å². The summed E-state index contributed by atoms with van der Waals surface area (Å²) in [7, 11) is 0. The van der Waals surface area contributed by atoms with Crippen LogP contribution in [0.2, 0.25) is 0 Å². The summed E-state index contributed by atoms with van der Waals surface area (Å²) in [5.41, 5.74) is -8.90. The highest BCUT2D eigenvalue weighted by Gasteiger charge is 2.78. The number of fused-ring (bicyclic) bond motifs is 5. The van der Waals surface area contributed by atoms with Crippen LogP contribution in [0.15, 0.2) is 71.8 Å². The number of carbonyl (C=O) groups is 7. The zero-order valence-electron chi connectivity index (χ0n) is 52.7. The van der Waals surface area contributed by atoms with Crippen molar-refractivity contribution >= 4 is 41.9 Å². The lowest BCUT2D eigenvalue weighted by molar-refractivity contribution is -0.346. The van der Waals surface area contributed by atoms with Gasteiger partial charge in [-0.25, -0.2) is 19.2 Å². The number of unbranched alkanes of at least 4 members (excludes halogenated alkanes) is 14. The Labute approximate surface area is 512 Å². The second kappa shape index (κ2) is 30.0. The number of ether oxygens (including phenoxy) is 10. The molecule has 4 fully saturated rings. The summed E-state index contributed by atoms with van der Waals surface area (Å²) in [6.45, 7) is 14.8. The SMILES string of the molecule is CCCCCCCCCCCCCCCCCC1OCC(COC(=O)O[C@@H](C(=O)O[C@H]2C[C@@]3(O)[C@@H](OC(=O)c4ccccc4)C4[C@](C)(C(=O)[C@H](OC(C)=O)C(=C2C)C3(C)C)[C@@H](O)C[C@H]2OC[C@@]42OC(C)=O)[C@@H](NC(=O)OC(C)(C)C)c2ccccc2)O1. The lowest BCUT2D eigenvalue weighted by atomic mass is 9.44. The first-order chi connectivity index (χ1) is 41.3. The summed E-state index contributed by atoms with van der Waals surface area (Å²) in [4.78, 5) is 100. The lowest BCUT2D eigenvalue weighted by Crippen LogP contribution is -2.82. The van der Waals surface area contributed by atoms with Crippen LogP contribution in [-0.4, -0.2) is 138 Å². The predicted octanol–water partition coefficient (Wildman–Crippen LogP) is 11.0. The molecule has 87 heavy (non-hydrogen) atoms. The molecule has 0 spiro atoms. The van der Waals surface area contributed by atoms with Crippen molar-refractivity contribution in [2.45, 2.75) is 257 Å². The fourth-order valence-electron chi connectivity index (χ4n) is 13.6. The van der Waals surface area contributed by atoms with E-state index in [2.05, 4.69) is 12.2 Å². The number of ketones is 1. The Bertz CT molecular complexity index is 2710. The van der Waals surface area contributed by atoms with Gasteiger partial charge in [0.15, 0.2) is 23.8 Å². The molecule has 0 aromatic heterocycles. The van der Waals surface area contributed by atoms with Crippen LogP contribution < -0.4 is 5.32 Å². The molecular formula is C67H95NO19. The summed E-state index contributed by atoms with van der Waals surface area (Å²) >= 11 is 0. The number of aliphatic hydroxyl groups excluding tert-OH is 1. The van der Waals surface area contributed by atoms with Gasteiger partial charge in [0.1, 0.15) is 48.3 Å². The van der Waals surface area contributed by atoms with Gasteiger partial charge in [-0.2, -0.15) is 0 Å². The Morgan fingerprint density at radius 2 is 1.36 bits per heavy atom. The number of rotatable bonds is 28. The summed E-state index contributed by atoms with van der Waals surface area (Å²) in [5.74, 6) is -6.52. The highest BCUT2D eigenvalue weighted by molar-refractivity contribution is 5.95. The first kappa shape index (κ1) is 68.6. The number of Topliss-reactive ketones (excluding diaryl/α,β-unsaturated/α-hetero) is 1. The van der Waals surface area contributed by atoms with Gasteiger partial charge < -0.3 is 62.9 Å². The van der Waals surface area contributed by atoms with Crippen molar-refractivity contribution in [3.05, 3.63) is 82.9 Å². The third kappa shape index (κ3) is 16.3. The quantitative estimate of drug-likeness (QED) is 0.0309. The maximum absolute atomic E-state index is 15.9. The van der Waals surface area contributed by atoms with Crippen molar-refractivity contribution < 1.29 is 91.1 Å². The highest BCUT2D eigenvalue weighted by atomic mass is 16.8. The minimum atomic E-state index is -2.50. The number of esters is 4. The molecule has 3 aliphatic carbocycles. The Morgan fingerprint density at radius 1 is 0.770 bits per heavy atom. The van der Waals surface area contributed by atoms with Gasteiger partial charge in [-0.15, -0.1) is 0 Å². The lowest BCUT2D eigenvalue weighted by Gasteiger charge is -2.67. The zero-order valence-corrected chi connectivity index (χ0v) is 52.7. The average molecular weight is 1220 g/mol. The Morgan fingerprint density at radius 3 is 1.91 bits per heavy atom. The van der Waals surface area contributed by atoms with Crippen LogP contribution in [0.1, 0.15) is 207 Å². The third-order valence-corrected chi connectivity index (χ3v) is 18.3. The van der Waals surface area contributed by atoms with E-state index in [1.165, 1.54) is 103 Å². The summed E-state index contributed by atoms with van der Waals surface area (Å²) in [6, 6.07) is 14.4. The Balaban J connectivity index is 1.15. The second-order valence-electron chi connectivity index (χ2n) is 26.1. The number of amides is 1. The average Bonchev–Trinajstić information content (AvgIpc) is 0.810. The van der Waals surface area contributed by atoms with Gasteiger partial charge in [-0.1, -0.05) is 159 Å². The molecule has 20 nitrogen and oxygen atoms in total. The molecule has 13 atom stereocenters. The molecule has 2 aromatic carbocycles. The zero-order chi connectivity index (χ0) is 63.3. The monoisotopic (exact) mass is 1220 g/mol. The van der Waals surface area contributed by atoms with E-state index in [4.69, 9.17) is 47.4 Å². The normalized spacial score (nSPS) is 28.9. The van der Waals surface area contributed by atoms with Gasteiger partial charge >= 0.3 is 36.1 Å². The molecule has 2 aliphatic heterocycles. The number of alkyl carbamates (subject to hydrolysis) is 1. The molecule has 2 saturated carbocycles. The van der Waals surface area contributed by atoms with Crippen molar-refractivity contribution in [2.75, 3.05) is 19.8 Å². The number of aliphatic hydroxyl groups is 2. The number of benzene rings is 2. The first-order valence-electron chi connectivity index (χ1n) is 31.5. The van der Waals surface area contributed by atoms with E-state index < -0.39 is 137 Å². The predicted molar refractivity (Wildman–Crippen MR) is 318 cm³/mol. The van der Waals surface area contributed by atoms with Crippen molar-refractivity contribution in [1.29, 1.82) is 0 Å². The van der Waals surface area contributed by atoms with Crippen molar-refractivity contribution in [2.24, 2.45) is 16.7 Å². The molecule has 2 heterocycles. The molecule has 482 valence electrons. The molecule has 3 unspecified atom stereocenters. The number of hydrogen-bond donors (Lipinski definition) is 3. The van der Waals surface area contributed by atoms with Crippen LogP contribution >= 0.6 is 0 Å². The molecule has 20 heteroatoms. The third-order valence-electron chi connectivity index (χ3n) is 18.3. The van der Waals surface area contributed by atoms with Crippen LogP contribution in [0.4, 0.5) is 9.59 Å². The van der Waals surface area contributed by atoms with E-state index in [0.717, 1.165) is 33.1 Å². The van der Waals surface area contributed by atoms with Gasteiger partial charge in [0, 0.05) is 32.1 Å². The van der Waals surface area contributed by atoms with Gasteiger partial charge in [0.05, 0.1) is 36.2 Å². The molecule has 2 aromatic rings. The Kier molecular flexibility index (Phi) is 23.7. The number of nitrogens with one attached hydrogen (secondary N) is 1. The van der Waals surface area contributed by atoms with Crippen molar-refractivity contribution in [1.82, 2.24) is 5.32 Å². The highest BCUT2D eigenvalue weighted by Crippen LogP contribution is 2.64. The van der Waals surface area contributed by atoms with Crippen LogP contribution in [0.5, 0.6) is 0 Å². The van der Waals surface area contributed by atoms with Gasteiger partial charge in [-0.3, -0.25) is 14.4 Å². The Hall–Kier alpha value is -5.93.